The minimum atomic E-state index is -2.26. The highest BCUT2D eigenvalue weighted by atomic mass is 28.4. The summed E-state index contributed by atoms with van der Waals surface area (Å²) in [6, 6.07) is 16.6. The first-order valence-corrected chi connectivity index (χ1v) is 19.1. The molecule has 0 spiro atoms. The molecule has 2 heterocycles. The number of rotatable bonds is 12. The molecule has 1 fully saturated rings. The Hall–Kier alpha value is -4.30. The number of nitro groups is 1. The Morgan fingerprint density at radius 3 is 2.29 bits per heavy atom. The summed E-state index contributed by atoms with van der Waals surface area (Å²) in [5.74, 6) is -0.222. The van der Waals surface area contributed by atoms with Crippen LogP contribution in [-0.2, 0) is 26.9 Å². The van der Waals surface area contributed by atoms with E-state index in [-0.39, 0.29) is 35.9 Å². The van der Waals surface area contributed by atoms with Gasteiger partial charge in [0.25, 0.3) is 0 Å². The van der Waals surface area contributed by atoms with E-state index in [1.807, 2.05) is 68.1 Å². The molecule has 1 aliphatic heterocycles. The van der Waals surface area contributed by atoms with Gasteiger partial charge in [-0.1, -0.05) is 56.1 Å². The molecule has 0 unspecified atom stereocenters. The topological polar surface area (TPSA) is 151 Å². The van der Waals surface area contributed by atoms with Gasteiger partial charge in [0.15, 0.2) is 8.32 Å². The Labute approximate surface area is 283 Å². The average Bonchev–Trinajstić information content (AvgIpc) is 3.63. The van der Waals surface area contributed by atoms with E-state index in [2.05, 4.69) is 49.3 Å². The number of anilines is 1. The fourth-order valence-electron chi connectivity index (χ4n) is 5.34. The number of carbonyl (C=O) groups is 2. The van der Waals surface area contributed by atoms with E-state index in [1.54, 1.807) is 12.1 Å². The van der Waals surface area contributed by atoms with E-state index in [0.29, 0.717) is 18.7 Å². The van der Waals surface area contributed by atoms with Crippen LogP contribution in [0.1, 0.15) is 59.9 Å². The Kier molecular flexibility index (Phi) is 11.3. The second-order valence-corrected chi connectivity index (χ2v) is 19.4. The van der Waals surface area contributed by atoms with E-state index in [0.717, 1.165) is 35.2 Å². The molecule has 3 aromatic rings. The lowest BCUT2D eigenvalue weighted by Gasteiger charge is -2.43. The predicted octanol–water partition coefficient (Wildman–Crippen LogP) is 6.61. The fourth-order valence-corrected chi connectivity index (χ4v) is 6.67. The number of nitrogens with zero attached hydrogens (tertiary/aromatic N) is 5. The van der Waals surface area contributed by atoms with Crippen molar-refractivity contribution < 1.29 is 28.4 Å². The Balaban J connectivity index is 1.52. The van der Waals surface area contributed by atoms with E-state index >= 15 is 0 Å². The molecule has 0 radical (unpaired) electrons. The molecular formula is C34H48N6O7Si. The lowest BCUT2D eigenvalue weighted by molar-refractivity contribution is -0.394. The van der Waals surface area contributed by atoms with Gasteiger partial charge in [0.2, 0.25) is 12.2 Å². The molecule has 260 valence electrons. The van der Waals surface area contributed by atoms with Crippen molar-refractivity contribution in [3.63, 3.8) is 0 Å². The molecule has 14 heteroatoms. The van der Waals surface area contributed by atoms with Gasteiger partial charge in [0.05, 0.1) is 12.1 Å². The van der Waals surface area contributed by atoms with Crippen molar-refractivity contribution >= 4 is 32.0 Å². The van der Waals surface area contributed by atoms with Crippen LogP contribution in [0.3, 0.4) is 0 Å². The van der Waals surface area contributed by atoms with E-state index in [1.165, 1.54) is 0 Å². The summed E-state index contributed by atoms with van der Waals surface area (Å²) in [5, 5.41) is 17.2. The number of para-hydroxylation sites is 1. The van der Waals surface area contributed by atoms with Crippen LogP contribution in [0.4, 0.5) is 16.4 Å². The molecule has 13 nitrogen and oxygen atoms in total. The van der Waals surface area contributed by atoms with Gasteiger partial charge in [-0.05, 0) is 92.9 Å². The van der Waals surface area contributed by atoms with E-state index in [9.17, 15) is 19.7 Å². The summed E-state index contributed by atoms with van der Waals surface area (Å²) in [7, 11) is -2.26. The molecule has 1 aromatic heterocycles. The van der Waals surface area contributed by atoms with Crippen LogP contribution < -0.4 is 10.1 Å². The van der Waals surface area contributed by atoms with Crippen LogP contribution in [0.25, 0.3) is 0 Å². The molecule has 1 saturated heterocycles. The molecular weight excluding hydrogens is 632 g/mol. The van der Waals surface area contributed by atoms with Crippen LogP contribution in [0, 0.1) is 10.1 Å². The number of nitrogens with one attached hydrogen (secondary N) is 1. The van der Waals surface area contributed by atoms with Crippen molar-refractivity contribution in [3.05, 3.63) is 76.6 Å². The third-order valence-corrected chi connectivity index (χ3v) is 13.2. The van der Waals surface area contributed by atoms with Gasteiger partial charge in [0, 0.05) is 16.8 Å². The van der Waals surface area contributed by atoms with Gasteiger partial charge in [-0.2, -0.15) is 4.68 Å². The summed E-state index contributed by atoms with van der Waals surface area (Å²) in [5.41, 5.74) is 0.872. The number of aromatic nitrogens is 3. The lowest BCUT2D eigenvalue weighted by atomic mass is 10.0. The standard InChI is InChI=1S/C34H48N6O7Si/c1-33(2,3)46-32(42)39-26(20-24-14-16-25(17-15-24)36-30(41)21-38-23-35-31(37-38)40(43)44)18-19-28(39)29(47-48(7,8)34(4,5)6)22-45-27-12-10-9-11-13-27/h9-17,23,26,28-29H,18-22H2,1-8H3,(H,36,41)/t26-,28+,29+/m0/s1. The zero-order valence-electron chi connectivity index (χ0n) is 29.1. The van der Waals surface area contributed by atoms with Crippen molar-refractivity contribution in [1.29, 1.82) is 0 Å². The van der Waals surface area contributed by atoms with Gasteiger partial charge in [0.1, 0.15) is 24.5 Å². The minimum Gasteiger partial charge on any atom is -0.491 e. The number of hydrogen-bond acceptors (Lipinski definition) is 9. The van der Waals surface area contributed by atoms with Crippen LogP contribution in [0.5, 0.6) is 5.75 Å². The van der Waals surface area contributed by atoms with Crippen LogP contribution in [-0.4, -0.2) is 75.3 Å². The molecule has 4 rings (SSSR count). The number of amides is 2. The van der Waals surface area contributed by atoms with E-state index < -0.39 is 30.7 Å². The third-order valence-electron chi connectivity index (χ3n) is 8.69. The fraction of sp³-hybridized carbons (Fsp3) is 0.529. The van der Waals surface area contributed by atoms with Crippen molar-refractivity contribution in [2.75, 3.05) is 11.9 Å². The molecule has 2 aromatic carbocycles. The SMILES string of the molecule is CC(C)(C)OC(=O)N1[C@H](Cc2ccc(NC(=O)Cn3cnc([N+](=O)[O-])n3)cc2)CC[C@@H]1[C@@H](COc1ccccc1)O[Si](C)(C)C(C)(C)C. The number of benzene rings is 2. The summed E-state index contributed by atoms with van der Waals surface area (Å²) in [4.78, 5) is 41.9. The van der Waals surface area contributed by atoms with Gasteiger partial charge < -0.3 is 29.3 Å². The molecule has 48 heavy (non-hydrogen) atoms. The average molecular weight is 681 g/mol. The van der Waals surface area contributed by atoms with Crippen LogP contribution in [0.15, 0.2) is 60.9 Å². The van der Waals surface area contributed by atoms with Gasteiger partial charge in [-0.3, -0.25) is 9.69 Å². The molecule has 0 saturated carbocycles. The van der Waals surface area contributed by atoms with Crippen molar-refractivity contribution in [2.24, 2.45) is 0 Å². The summed E-state index contributed by atoms with van der Waals surface area (Å²) < 4.78 is 20.3. The maximum absolute atomic E-state index is 13.9. The monoisotopic (exact) mass is 680 g/mol. The Bertz CT molecular complexity index is 1550. The quantitative estimate of drug-likeness (QED) is 0.127. The van der Waals surface area contributed by atoms with Crippen molar-refractivity contribution in [3.8, 4) is 5.75 Å². The molecule has 0 aliphatic carbocycles. The zero-order valence-corrected chi connectivity index (χ0v) is 30.1. The molecule has 0 bridgehead atoms. The summed E-state index contributed by atoms with van der Waals surface area (Å²) >= 11 is 0. The first kappa shape index (κ1) is 36.5. The third kappa shape index (κ3) is 9.86. The van der Waals surface area contributed by atoms with Crippen molar-refractivity contribution in [2.45, 2.75) is 109 Å². The Morgan fingerprint density at radius 1 is 1.04 bits per heavy atom. The predicted molar refractivity (Wildman–Crippen MR) is 184 cm³/mol. The van der Waals surface area contributed by atoms with Gasteiger partial charge in [-0.15, -0.1) is 0 Å². The lowest BCUT2D eigenvalue weighted by Crippen LogP contribution is -2.55. The largest absolute Gasteiger partial charge is 0.491 e. The van der Waals surface area contributed by atoms with Crippen LogP contribution >= 0.6 is 0 Å². The molecule has 1 aliphatic rings. The maximum Gasteiger partial charge on any atom is 0.490 e. The zero-order chi connectivity index (χ0) is 35.3. The highest BCUT2D eigenvalue weighted by Crippen LogP contribution is 2.40. The number of ether oxygens (including phenoxy) is 2. The second-order valence-electron chi connectivity index (χ2n) is 14.7. The number of likely N-dealkylation sites (tertiary alicyclic amines) is 1. The Morgan fingerprint density at radius 2 is 1.71 bits per heavy atom. The first-order chi connectivity index (χ1) is 22.4. The van der Waals surface area contributed by atoms with Gasteiger partial charge >= 0.3 is 12.0 Å². The molecule has 3 atom stereocenters. The highest BCUT2D eigenvalue weighted by Gasteiger charge is 2.47. The van der Waals surface area contributed by atoms with Crippen LogP contribution in [0.2, 0.25) is 18.1 Å². The normalized spacial score (nSPS) is 17.5. The highest BCUT2D eigenvalue weighted by molar-refractivity contribution is 6.74. The number of hydrogen-bond donors (Lipinski definition) is 1. The minimum absolute atomic E-state index is 0.0445. The summed E-state index contributed by atoms with van der Waals surface area (Å²) in [6.07, 6.45) is 2.47. The van der Waals surface area contributed by atoms with Crippen molar-refractivity contribution in [1.82, 2.24) is 19.7 Å². The van der Waals surface area contributed by atoms with Gasteiger partial charge in [-0.25, -0.2) is 4.79 Å². The second kappa shape index (κ2) is 14.9. The van der Waals surface area contributed by atoms with E-state index in [4.69, 9.17) is 13.9 Å². The molecule has 1 N–H and O–H groups in total. The number of carbonyl (C=O) groups excluding carboxylic acids is 2. The maximum atomic E-state index is 13.9. The molecule has 2 amide bonds. The first-order valence-electron chi connectivity index (χ1n) is 16.2. The summed E-state index contributed by atoms with van der Waals surface area (Å²) in [6.45, 7) is 16.7. The smallest absolute Gasteiger partial charge is 0.490 e.